The van der Waals surface area contributed by atoms with Crippen LogP contribution < -0.4 is 9.31 Å². The van der Waals surface area contributed by atoms with Crippen molar-refractivity contribution in [2.75, 3.05) is 0 Å². The van der Waals surface area contributed by atoms with E-state index in [1.165, 1.54) is 36.4 Å². The number of phenols is 4. The minimum atomic E-state index is -0.397. The first-order valence-electron chi connectivity index (χ1n) is 5.37. The summed E-state index contributed by atoms with van der Waals surface area (Å²) in [6.07, 6.45) is 0. The Balaban J connectivity index is 2.00. The number of benzene rings is 2. The third-order valence-corrected chi connectivity index (χ3v) is 2.38. The SMILES string of the molecule is Oc1cccc(OBOc2cccc(O)c2O)c1O. The Morgan fingerprint density at radius 1 is 0.684 bits per heavy atom. The minimum Gasteiger partial charge on any atom is -0.526 e. The molecule has 2 aromatic rings. The third kappa shape index (κ3) is 2.76. The van der Waals surface area contributed by atoms with Gasteiger partial charge in [0, 0.05) is 0 Å². The fourth-order valence-corrected chi connectivity index (χ4v) is 1.41. The second-order valence-electron chi connectivity index (χ2n) is 3.65. The van der Waals surface area contributed by atoms with E-state index in [1.54, 1.807) is 0 Å². The van der Waals surface area contributed by atoms with Gasteiger partial charge in [-0.1, -0.05) is 12.1 Å². The van der Waals surface area contributed by atoms with Crippen molar-refractivity contribution in [2.45, 2.75) is 0 Å². The summed E-state index contributed by atoms with van der Waals surface area (Å²) in [5.74, 6) is -1.33. The van der Waals surface area contributed by atoms with Crippen LogP contribution in [0, 0.1) is 0 Å². The molecule has 0 aliphatic heterocycles. The van der Waals surface area contributed by atoms with Gasteiger partial charge in [-0.15, -0.1) is 0 Å². The first kappa shape index (κ1) is 12.8. The molecule has 0 aliphatic rings. The average molecular weight is 262 g/mol. The van der Waals surface area contributed by atoms with Crippen LogP contribution in [0.25, 0.3) is 0 Å². The molecule has 0 radical (unpaired) electrons. The number of hydrogen-bond acceptors (Lipinski definition) is 6. The summed E-state index contributed by atoms with van der Waals surface area (Å²) in [6, 6.07) is 8.50. The number of aromatic hydroxyl groups is 4. The predicted molar refractivity (Wildman–Crippen MR) is 67.9 cm³/mol. The second-order valence-corrected chi connectivity index (χ2v) is 3.65. The number of rotatable bonds is 4. The summed E-state index contributed by atoms with van der Waals surface area (Å²) in [4.78, 5) is 0. The van der Waals surface area contributed by atoms with Gasteiger partial charge in [-0.3, -0.25) is 0 Å². The van der Waals surface area contributed by atoms with Gasteiger partial charge in [0.05, 0.1) is 0 Å². The Kier molecular flexibility index (Phi) is 3.56. The molecule has 0 aromatic heterocycles. The molecule has 6 nitrogen and oxygen atoms in total. The highest BCUT2D eigenvalue weighted by molar-refractivity contribution is 6.21. The molecule has 4 N–H and O–H groups in total. The molecular formula is C12H11BO6. The van der Waals surface area contributed by atoms with Gasteiger partial charge >= 0.3 is 7.69 Å². The largest absolute Gasteiger partial charge is 0.576 e. The van der Waals surface area contributed by atoms with E-state index in [0.717, 1.165) is 0 Å². The van der Waals surface area contributed by atoms with Gasteiger partial charge in [0.25, 0.3) is 0 Å². The summed E-state index contributed by atoms with van der Waals surface area (Å²) < 4.78 is 10.2. The molecule has 98 valence electrons. The van der Waals surface area contributed by atoms with Crippen LogP contribution in [0.3, 0.4) is 0 Å². The number of para-hydroxylation sites is 2. The Morgan fingerprint density at radius 2 is 1.11 bits per heavy atom. The van der Waals surface area contributed by atoms with Crippen LogP contribution in [-0.4, -0.2) is 28.1 Å². The molecule has 0 heterocycles. The highest BCUT2D eigenvalue weighted by atomic mass is 16.6. The smallest absolute Gasteiger partial charge is 0.526 e. The summed E-state index contributed by atoms with van der Waals surface area (Å²) in [5, 5.41) is 37.5. The minimum absolute atomic E-state index is 0.0413. The second kappa shape index (κ2) is 5.30. The van der Waals surface area contributed by atoms with Gasteiger partial charge in [0.1, 0.15) is 11.5 Å². The highest BCUT2D eigenvalue weighted by Crippen LogP contribution is 2.36. The molecule has 0 saturated heterocycles. The monoisotopic (exact) mass is 262 g/mol. The Bertz CT molecular complexity index is 535. The molecule has 2 aromatic carbocycles. The lowest BCUT2D eigenvalue weighted by Crippen LogP contribution is -2.11. The normalized spacial score (nSPS) is 9.89. The van der Waals surface area contributed by atoms with Crippen LogP contribution in [0.1, 0.15) is 0 Å². The molecule has 0 unspecified atom stereocenters. The van der Waals surface area contributed by atoms with E-state index in [0.29, 0.717) is 0 Å². The van der Waals surface area contributed by atoms with E-state index in [1.807, 2.05) is 0 Å². The highest BCUT2D eigenvalue weighted by Gasteiger charge is 2.11. The predicted octanol–water partition coefficient (Wildman–Crippen LogP) is 1.23. The van der Waals surface area contributed by atoms with Crippen LogP contribution in [0.5, 0.6) is 34.5 Å². The number of hydrogen-bond donors (Lipinski definition) is 4. The van der Waals surface area contributed by atoms with E-state index < -0.39 is 11.5 Å². The molecule has 7 heteroatoms. The van der Waals surface area contributed by atoms with Crippen molar-refractivity contribution in [1.29, 1.82) is 0 Å². The number of phenolic OH excluding ortho intramolecular Hbond substituents is 4. The van der Waals surface area contributed by atoms with Crippen molar-refractivity contribution in [2.24, 2.45) is 0 Å². The van der Waals surface area contributed by atoms with Crippen molar-refractivity contribution in [3.05, 3.63) is 36.4 Å². The Hall–Kier alpha value is -2.70. The Labute approximate surface area is 109 Å². The zero-order chi connectivity index (χ0) is 13.8. The lowest BCUT2D eigenvalue weighted by atomic mass is 10.2. The summed E-state index contributed by atoms with van der Waals surface area (Å²) >= 11 is 0. The molecular weight excluding hydrogens is 251 g/mol. The van der Waals surface area contributed by atoms with Crippen LogP contribution in [0.4, 0.5) is 0 Å². The van der Waals surface area contributed by atoms with E-state index in [2.05, 4.69) is 0 Å². The first-order valence-corrected chi connectivity index (χ1v) is 5.37. The molecule has 0 amide bonds. The lowest BCUT2D eigenvalue weighted by molar-refractivity contribution is 0.365. The van der Waals surface area contributed by atoms with Crippen LogP contribution in [0.15, 0.2) is 36.4 Å². The van der Waals surface area contributed by atoms with Gasteiger partial charge in [-0.25, -0.2) is 0 Å². The van der Waals surface area contributed by atoms with E-state index in [-0.39, 0.29) is 30.7 Å². The summed E-state index contributed by atoms with van der Waals surface area (Å²) in [5.41, 5.74) is 0. The molecule has 0 bridgehead atoms. The molecule has 0 atom stereocenters. The van der Waals surface area contributed by atoms with Crippen LogP contribution in [-0.2, 0) is 0 Å². The molecule has 0 aliphatic carbocycles. The summed E-state index contributed by atoms with van der Waals surface area (Å²) in [7, 11) is -0.311. The lowest BCUT2D eigenvalue weighted by Gasteiger charge is -2.10. The molecule has 0 saturated carbocycles. The van der Waals surface area contributed by atoms with Crippen molar-refractivity contribution >= 4 is 7.69 Å². The quantitative estimate of drug-likeness (QED) is 0.488. The van der Waals surface area contributed by atoms with Gasteiger partial charge < -0.3 is 29.7 Å². The third-order valence-electron chi connectivity index (χ3n) is 2.38. The van der Waals surface area contributed by atoms with Crippen LogP contribution in [0.2, 0.25) is 0 Å². The molecule has 2 rings (SSSR count). The van der Waals surface area contributed by atoms with Crippen molar-refractivity contribution in [3.63, 3.8) is 0 Å². The van der Waals surface area contributed by atoms with Crippen molar-refractivity contribution < 1.29 is 29.7 Å². The fraction of sp³-hybridized carbons (Fsp3) is 0. The van der Waals surface area contributed by atoms with Crippen molar-refractivity contribution in [1.82, 2.24) is 0 Å². The maximum absolute atomic E-state index is 9.47. The Morgan fingerprint density at radius 3 is 1.53 bits per heavy atom. The molecule has 0 spiro atoms. The zero-order valence-corrected chi connectivity index (χ0v) is 9.78. The van der Waals surface area contributed by atoms with Crippen molar-refractivity contribution in [3.8, 4) is 34.5 Å². The van der Waals surface area contributed by atoms with Gasteiger partial charge in [-0.05, 0) is 24.3 Å². The average Bonchev–Trinajstić information content (AvgIpc) is 2.39. The van der Waals surface area contributed by atoms with E-state index in [4.69, 9.17) is 9.31 Å². The zero-order valence-electron chi connectivity index (χ0n) is 9.78. The summed E-state index contributed by atoms with van der Waals surface area (Å²) in [6.45, 7) is 0. The van der Waals surface area contributed by atoms with Gasteiger partial charge in [0.2, 0.25) is 0 Å². The topological polar surface area (TPSA) is 99.4 Å². The molecule has 19 heavy (non-hydrogen) atoms. The maximum Gasteiger partial charge on any atom is 0.576 e. The van der Waals surface area contributed by atoms with Gasteiger partial charge in [-0.2, -0.15) is 0 Å². The van der Waals surface area contributed by atoms with Gasteiger partial charge in [0.15, 0.2) is 23.0 Å². The van der Waals surface area contributed by atoms with E-state index >= 15 is 0 Å². The van der Waals surface area contributed by atoms with Crippen LogP contribution >= 0.6 is 0 Å². The first-order chi connectivity index (χ1) is 9.09. The standard InChI is InChI=1S/C12H11BO6/c14-7-3-1-5-9(11(7)16)18-13-19-10-6-2-4-8(15)12(10)17/h1-6,13-17H. The van der Waals surface area contributed by atoms with E-state index in [9.17, 15) is 20.4 Å². The fourth-order valence-electron chi connectivity index (χ4n) is 1.41. The molecule has 0 fully saturated rings. The maximum atomic E-state index is 9.47.